The number of pyridine rings is 1. The van der Waals surface area contributed by atoms with Crippen LogP contribution in [0.2, 0.25) is 5.02 Å². The van der Waals surface area contributed by atoms with Crippen LogP contribution in [0.4, 0.5) is 16.3 Å². The van der Waals surface area contributed by atoms with Crippen LogP contribution in [-0.4, -0.2) is 43.7 Å². The van der Waals surface area contributed by atoms with E-state index in [-0.39, 0.29) is 5.91 Å². The molecule has 0 bridgehead atoms. The van der Waals surface area contributed by atoms with Crippen LogP contribution >= 0.6 is 11.6 Å². The Morgan fingerprint density at radius 1 is 1.21 bits per heavy atom. The second-order valence-corrected chi connectivity index (χ2v) is 7.86. The summed E-state index contributed by atoms with van der Waals surface area (Å²) in [5.74, 6) is 1.29. The third kappa shape index (κ3) is 3.74. The van der Waals surface area contributed by atoms with E-state index in [1.165, 1.54) is 13.2 Å². The van der Waals surface area contributed by atoms with Crippen molar-refractivity contribution >= 4 is 35.1 Å². The molecule has 1 unspecified atom stereocenters. The van der Waals surface area contributed by atoms with Gasteiger partial charge in [-0.2, -0.15) is 0 Å². The Kier molecular flexibility index (Phi) is 5.32. The zero-order valence-corrected chi connectivity index (χ0v) is 17.0. The Bertz CT molecular complexity index is 920. The summed E-state index contributed by atoms with van der Waals surface area (Å²) in [5.41, 5.74) is 0.359. The Labute approximate surface area is 174 Å². The Hall–Kier alpha value is -2.80. The number of amides is 2. The summed E-state index contributed by atoms with van der Waals surface area (Å²) in [6.45, 7) is 2.13. The van der Waals surface area contributed by atoms with Gasteiger partial charge < -0.3 is 19.9 Å². The number of benzene rings is 1. The van der Waals surface area contributed by atoms with E-state index in [1.54, 1.807) is 6.07 Å². The molecule has 29 heavy (non-hydrogen) atoms. The predicted octanol–water partition coefficient (Wildman–Crippen LogP) is 3.48. The number of piperidine rings is 1. The van der Waals surface area contributed by atoms with Gasteiger partial charge in [-0.3, -0.25) is 4.79 Å². The first-order chi connectivity index (χ1) is 14.0. The number of ether oxygens (including phenoxy) is 1. The van der Waals surface area contributed by atoms with Crippen LogP contribution in [0.15, 0.2) is 42.6 Å². The number of carbonyl (C=O) groups is 2. The van der Waals surface area contributed by atoms with Gasteiger partial charge in [-0.1, -0.05) is 23.7 Å². The maximum atomic E-state index is 13.4. The molecular weight excluding hydrogens is 392 g/mol. The fourth-order valence-corrected chi connectivity index (χ4v) is 4.44. The van der Waals surface area contributed by atoms with E-state index in [1.807, 2.05) is 35.2 Å². The highest BCUT2D eigenvalue weighted by Crippen LogP contribution is 2.43. The highest BCUT2D eigenvalue weighted by molar-refractivity contribution is 6.34. The van der Waals surface area contributed by atoms with Gasteiger partial charge in [0.25, 0.3) is 0 Å². The molecule has 1 spiro atoms. The van der Waals surface area contributed by atoms with Gasteiger partial charge in [0.1, 0.15) is 5.82 Å². The number of para-hydroxylation sites is 1. The predicted molar refractivity (Wildman–Crippen MR) is 112 cm³/mol. The highest BCUT2D eigenvalue weighted by atomic mass is 35.5. The van der Waals surface area contributed by atoms with Crippen molar-refractivity contribution in [3.63, 3.8) is 0 Å². The van der Waals surface area contributed by atoms with Crippen molar-refractivity contribution in [3.8, 4) is 5.75 Å². The molecule has 7 nitrogen and oxygen atoms in total. The Morgan fingerprint density at radius 2 is 2.03 bits per heavy atom. The molecule has 2 aliphatic heterocycles. The molecule has 152 valence electrons. The summed E-state index contributed by atoms with van der Waals surface area (Å²) in [6, 6.07) is 11.0. The number of anilines is 2. The molecule has 2 fully saturated rings. The molecular formula is C21H23ClN4O3. The first-order valence-electron chi connectivity index (χ1n) is 9.69. The quantitative estimate of drug-likeness (QED) is 0.832. The zero-order chi connectivity index (χ0) is 20.4. The summed E-state index contributed by atoms with van der Waals surface area (Å²) >= 11 is 6.33. The molecule has 4 rings (SSSR count). The first kappa shape index (κ1) is 19.5. The van der Waals surface area contributed by atoms with Gasteiger partial charge in [0.05, 0.1) is 22.3 Å². The smallest absolute Gasteiger partial charge is 0.409 e. The zero-order valence-electron chi connectivity index (χ0n) is 16.2. The minimum Gasteiger partial charge on any atom is -0.409 e. The summed E-state index contributed by atoms with van der Waals surface area (Å²) in [7, 11) is 1.50. The molecule has 1 aromatic heterocycles. The van der Waals surface area contributed by atoms with E-state index in [0.29, 0.717) is 23.9 Å². The average molecular weight is 415 g/mol. The van der Waals surface area contributed by atoms with E-state index in [4.69, 9.17) is 16.3 Å². The second-order valence-electron chi connectivity index (χ2n) is 7.46. The number of halogens is 1. The molecule has 0 radical (unpaired) electrons. The topological polar surface area (TPSA) is 74.8 Å². The SMILES string of the molecule is CNC(=O)Oc1ccc(N2CCCC3(CCN(c4ccccc4Cl)C3=O)C2)nc1. The standard InChI is InChI=1S/C21H23ClN4O3/c1-23-20(28)29-15-7-8-18(24-13-15)25-11-4-9-21(14-25)10-12-26(19(21)27)17-6-3-2-5-16(17)22/h2-3,5-8,13H,4,9-12,14H2,1H3,(H,23,28). The van der Waals surface area contributed by atoms with Crippen LogP contribution in [0.3, 0.4) is 0 Å². The van der Waals surface area contributed by atoms with Crippen molar-refractivity contribution in [1.29, 1.82) is 0 Å². The molecule has 1 aromatic carbocycles. The van der Waals surface area contributed by atoms with Gasteiger partial charge in [-0.15, -0.1) is 0 Å². The van der Waals surface area contributed by atoms with Crippen LogP contribution < -0.4 is 19.9 Å². The molecule has 0 aliphatic carbocycles. The van der Waals surface area contributed by atoms with Crippen molar-refractivity contribution < 1.29 is 14.3 Å². The fourth-order valence-electron chi connectivity index (χ4n) is 4.20. The van der Waals surface area contributed by atoms with Crippen LogP contribution in [0, 0.1) is 5.41 Å². The highest BCUT2D eigenvalue weighted by Gasteiger charge is 2.49. The lowest BCUT2D eigenvalue weighted by Gasteiger charge is -2.39. The van der Waals surface area contributed by atoms with Gasteiger partial charge >= 0.3 is 6.09 Å². The molecule has 2 saturated heterocycles. The second kappa shape index (κ2) is 7.91. The molecule has 3 heterocycles. The van der Waals surface area contributed by atoms with Gasteiger partial charge in [0.2, 0.25) is 5.91 Å². The van der Waals surface area contributed by atoms with E-state index >= 15 is 0 Å². The molecule has 2 aromatic rings. The monoisotopic (exact) mass is 414 g/mol. The van der Waals surface area contributed by atoms with Gasteiger partial charge in [0, 0.05) is 26.7 Å². The van der Waals surface area contributed by atoms with Crippen LogP contribution in [0.5, 0.6) is 5.75 Å². The van der Waals surface area contributed by atoms with E-state index < -0.39 is 11.5 Å². The largest absolute Gasteiger partial charge is 0.412 e. The number of hydrogen-bond donors (Lipinski definition) is 1. The third-order valence-electron chi connectivity index (χ3n) is 5.69. The normalized spacial score (nSPS) is 21.5. The van der Waals surface area contributed by atoms with E-state index in [0.717, 1.165) is 37.3 Å². The average Bonchev–Trinajstić information content (AvgIpc) is 3.04. The number of carbonyl (C=O) groups excluding carboxylic acids is 2. The maximum Gasteiger partial charge on any atom is 0.412 e. The minimum absolute atomic E-state index is 0.134. The molecule has 1 N–H and O–H groups in total. The Morgan fingerprint density at radius 3 is 2.76 bits per heavy atom. The summed E-state index contributed by atoms with van der Waals surface area (Å²) in [6.07, 6.45) is 3.57. The number of hydrogen-bond acceptors (Lipinski definition) is 5. The van der Waals surface area contributed by atoms with Crippen molar-refractivity contribution in [3.05, 3.63) is 47.6 Å². The van der Waals surface area contributed by atoms with Crippen molar-refractivity contribution in [1.82, 2.24) is 10.3 Å². The summed E-state index contributed by atoms with van der Waals surface area (Å²) in [5, 5.41) is 3.00. The van der Waals surface area contributed by atoms with Crippen LogP contribution in [-0.2, 0) is 4.79 Å². The first-order valence-corrected chi connectivity index (χ1v) is 10.1. The third-order valence-corrected chi connectivity index (χ3v) is 6.01. The lowest BCUT2D eigenvalue weighted by Crippen LogP contribution is -2.48. The lowest BCUT2D eigenvalue weighted by molar-refractivity contribution is -0.126. The fraction of sp³-hybridized carbons (Fsp3) is 0.381. The molecule has 8 heteroatoms. The van der Waals surface area contributed by atoms with Crippen molar-refractivity contribution in [2.45, 2.75) is 19.3 Å². The molecule has 2 amide bonds. The number of aromatic nitrogens is 1. The molecule has 1 atom stereocenters. The van der Waals surface area contributed by atoms with Crippen LogP contribution in [0.25, 0.3) is 0 Å². The van der Waals surface area contributed by atoms with E-state index in [2.05, 4.69) is 15.2 Å². The number of nitrogens with one attached hydrogen (secondary N) is 1. The van der Waals surface area contributed by atoms with Crippen LogP contribution in [0.1, 0.15) is 19.3 Å². The lowest BCUT2D eigenvalue weighted by atomic mass is 9.78. The van der Waals surface area contributed by atoms with Gasteiger partial charge in [0.15, 0.2) is 5.75 Å². The molecule has 0 saturated carbocycles. The number of nitrogens with zero attached hydrogens (tertiary/aromatic N) is 3. The van der Waals surface area contributed by atoms with Gasteiger partial charge in [-0.25, -0.2) is 9.78 Å². The van der Waals surface area contributed by atoms with Gasteiger partial charge in [-0.05, 0) is 43.5 Å². The van der Waals surface area contributed by atoms with Crippen molar-refractivity contribution in [2.75, 3.05) is 36.5 Å². The minimum atomic E-state index is -0.535. The van der Waals surface area contributed by atoms with E-state index in [9.17, 15) is 9.59 Å². The van der Waals surface area contributed by atoms with Crippen molar-refractivity contribution in [2.24, 2.45) is 5.41 Å². The Balaban J connectivity index is 1.50. The maximum absolute atomic E-state index is 13.4. The number of rotatable bonds is 3. The summed E-state index contributed by atoms with van der Waals surface area (Å²) in [4.78, 5) is 33.1. The summed E-state index contributed by atoms with van der Waals surface area (Å²) < 4.78 is 5.09. The molecule has 2 aliphatic rings.